The van der Waals surface area contributed by atoms with E-state index >= 15 is 0 Å². The predicted octanol–water partition coefficient (Wildman–Crippen LogP) is 3.60. The Kier molecular flexibility index (Phi) is 5.16. The highest BCUT2D eigenvalue weighted by Crippen LogP contribution is 2.26. The zero-order valence-electron chi connectivity index (χ0n) is 11.9. The summed E-state index contributed by atoms with van der Waals surface area (Å²) >= 11 is 0. The molecular weight excluding hydrogens is 252 g/mol. The first-order chi connectivity index (χ1) is 9.66. The van der Waals surface area contributed by atoms with E-state index in [2.05, 4.69) is 0 Å². The first-order valence-corrected chi connectivity index (χ1v) is 6.70. The van der Waals surface area contributed by atoms with E-state index in [1.54, 1.807) is 6.92 Å². The van der Waals surface area contributed by atoms with Crippen molar-refractivity contribution >= 4 is 0 Å². The maximum absolute atomic E-state index is 9.74. The van der Waals surface area contributed by atoms with E-state index in [1.807, 2.05) is 55.5 Å². The van der Waals surface area contributed by atoms with Crippen LogP contribution in [0.15, 0.2) is 48.5 Å². The molecular formula is C17H20O3. The molecule has 1 atom stereocenters. The molecule has 20 heavy (non-hydrogen) atoms. The van der Waals surface area contributed by atoms with Crippen LogP contribution in [-0.4, -0.2) is 11.9 Å². The molecule has 0 aliphatic carbocycles. The van der Waals surface area contributed by atoms with Gasteiger partial charge in [-0.05, 0) is 31.5 Å². The summed E-state index contributed by atoms with van der Waals surface area (Å²) in [5.41, 5.74) is 2.99. The third kappa shape index (κ3) is 4.08. The van der Waals surface area contributed by atoms with Crippen molar-refractivity contribution in [3.05, 3.63) is 65.2 Å². The molecule has 0 aromatic heterocycles. The summed E-state index contributed by atoms with van der Waals surface area (Å²) < 4.78 is 11.1. The summed E-state index contributed by atoms with van der Waals surface area (Å²) in [6.07, 6.45) is -0.556. The number of ether oxygens (including phenoxy) is 2. The molecule has 1 N–H and O–H groups in total. The van der Waals surface area contributed by atoms with Gasteiger partial charge in [0.05, 0.1) is 12.7 Å². The van der Waals surface area contributed by atoms with Gasteiger partial charge in [0.25, 0.3) is 0 Å². The molecule has 0 aliphatic heterocycles. The van der Waals surface area contributed by atoms with Crippen molar-refractivity contribution in [3.63, 3.8) is 0 Å². The second-order valence-corrected chi connectivity index (χ2v) is 4.81. The molecule has 0 saturated carbocycles. The van der Waals surface area contributed by atoms with Crippen molar-refractivity contribution in [2.75, 3.05) is 6.79 Å². The van der Waals surface area contributed by atoms with Gasteiger partial charge < -0.3 is 14.6 Å². The minimum absolute atomic E-state index is 0.164. The van der Waals surface area contributed by atoms with Gasteiger partial charge in [0.1, 0.15) is 5.75 Å². The van der Waals surface area contributed by atoms with Crippen LogP contribution in [0.4, 0.5) is 0 Å². The smallest absolute Gasteiger partial charge is 0.189 e. The molecule has 106 valence electrons. The van der Waals surface area contributed by atoms with Crippen LogP contribution in [0.2, 0.25) is 0 Å². The van der Waals surface area contributed by atoms with Gasteiger partial charge in [-0.15, -0.1) is 0 Å². The predicted molar refractivity (Wildman–Crippen MR) is 78.5 cm³/mol. The normalized spacial score (nSPS) is 12.2. The lowest BCUT2D eigenvalue weighted by Gasteiger charge is -2.14. The van der Waals surface area contributed by atoms with Crippen LogP contribution >= 0.6 is 0 Å². The SMILES string of the molecule is Cc1ccc(OCOCc2ccccc2)c(C(C)O)c1. The third-order valence-corrected chi connectivity index (χ3v) is 3.02. The summed E-state index contributed by atoms with van der Waals surface area (Å²) in [5.74, 6) is 0.665. The summed E-state index contributed by atoms with van der Waals surface area (Å²) in [7, 11) is 0. The standard InChI is InChI=1S/C17H20O3/c1-13-8-9-17(16(10-13)14(2)18)20-12-19-11-15-6-4-3-5-7-15/h3-10,14,18H,11-12H2,1-2H3. The minimum Gasteiger partial charge on any atom is -0.467 e. The van der Waals surface area contributed by atoms with E-state index in [-0.39, 0.29) is 6.79 Å². The van der Waals surface area contributed by atoms with Crippen LogP contribution in [0, 0.1) is 6.92 Å². The number of aliphatic hydroxyl groups excluding tert-OH is 1. The van der Waals surface area contributed by atoms with Crippen LogP contribution in [0.3, 0.4) is 0 Å². The lowest BCUT2D eigenvalue weighted by atomic mass is 10.1. The molecule has 1 unspecified atom stereocenters. The van der Waals surface area contributed by atoms with E-state index in [4.69, 9.17) is 9.47 Å². The molecule has 0 saturated heterocycles. The second-order valence-electron chi connectivity index (χ2n) is 4.81. The van der Waals surface area contributed by atoms with E-state index in [0.29, 0.717) is 12.4 Å². The van der Waals surface area contributed by atoms with Gasteiger partial charge in [0, 0.05) is 5.56 Å². The number of hydrogen-bond acceptors (Lipinski definition) is 3. The highest BCUT2D eigenvalue weighted by molar-refractivity contribution is 5.38. The molecule has 2 rings (SSSR count). The fourth-order valence-electron chi connectivity index (χ4n) is 1.96. The van der Waals surface area contributed by atoms with E-state index in [1.165, 1.54) is 0 Å². The van der Waals surface area contributed by atoms with Gasteiger partial charge >= 0.3 is 0 Å². The first-order valence-electron chi connectivity index (χ1n) is 6.70. The quantitative estimate of drug-likeness (QED) is 0.645. The van der Waals surface area contributed by atoms with Crippen LogP contribution in [0.5, 0.6) is 5.75 Å². The maximum Gasteiger partial charge on any atom is 0.189 e. The lowest BCUT2D eigenvalue weighted by Crippen LogP contribution is -2.06. The number of aryl methyl sites for hydroxylation is 1. The fraction of sp³-hybridized carbons (Fsp3) is 0.294. The summed E-state index contributed by atoms with van der Waals surface area (Å²) in [6, 6.07) is 15.7. The second kappa shape index (κ2) is 7.08. The molecule has 2 aromatic rings. The average molecular weight is 272 g/mol. The summed E-state index contributed by atoms with van der Waals surface area (Å²) in [4.78, 5) is 0. The minimum atomic E-state index is -0.556. The van der Waals surface area contributed by atoms with Gasteiger partial charge in [-0.3, -0.25) is 0 Å². The monoisotopic (exact) mass is 272 g/mol. The van der Waals surface area contributed by atoms with E-state index < -0.39 is 6.10 Å². The van der Waals surface area contributed by atoms with Gasteiger partial charge in [0.15, 0.2) is 6.79 Å². The van der Waals surface area contributed by atoms with Crippen molar-refractivity contribution in [1.82, 2.24) is 0 Å². The Hall–Kier alpha value is -1.84. The van der Waals surface area contributed by atoms with Crippen molar-refractivity contribution in [2.45, 2.75) is 26.6 Å². The van der Waals surface area contributed by atoms with Crippen molar-refractivity contribution in [1.29, 1.82) is 0 Å². The van der Waals surface area contributed by atoms with Crippen molar-refractivity contribution < 1.29 is 14.6 Å². The fourth-order valence-corrected chi connectivity index (χ4v) is 1.96. The molecule has 3 nitrogen and oxygen atoms in total. The molecule has 0 radical (unpaired) electrons. The van der Waals surface area contributed by atoms with Crippen molar-refractivity contribution in [3.8, 4) is 5.75 Å². The molecule has 0 spiro atoms. The summed E-state index contributed by atoms with van der Waals surface area (Å²) in [6.45, 7) is 4.39. The number of benzene rings is 2. The Bertz CT molecular complexity index is 535. The van der Waals surface area contributed by atoms with Gasteiger partial charge in [-0.2, -0.15) is 0 Å². The van der Waals surface area contributed by atoms with Crippen molar-refractivity contribution in [2.24, 2.45) is 0 Å². The highest BCUT2D eigenvalue weighted by atomic mass is 16.7. The Morgan fingerprint density at radius 2 is 1.85 bits per heavy atom. The Morgan fingerprint density at radius 3 is 2.55 bits per heavy atom. The molecule has 0 aliphatic rings. The zero-order chi connectivity index (χ0) is 14.4. The number of rotatable bonds is 6. The Morgan fingerprint density at radius 1 is 1.10 bits per heavy atom. The number of hydrogen-bond donors (Lipinski definition) is 1. The number of aliphatic hydroxyl groups is 1. The van der Waals surface area contributed by atoms with E-state index in [0.717, 1.165) is 16.7 Å². The summed E-state index contributed by atoms with van der Waals surface area (Å²) in [5, 5.41) is 9.74. The van der Waals surface area contributed by atoms with Crippen LogP contribution < -0.4 is 4.74 Å². The first kappa shape index (κ1) is 14.6. The molecule has 0 heterocycles. The van der Waals surface area contributed by atoms with Gasteiger partial charge in [-0.25, -0.2) is 0 Å². The van der Waals surface area contributed by atoms with Crippen LogP contribution in [0.1, 0.15) is 29.7 Å². The van der Waals surface area contributed by atoms with Gasteiger partial charge in [0.2, 0.25) is 0 Å². The van der Waals surface area contributed by atoms with Crippen LogP contribution in [-0.2, 0) is 11.3 Å². The van der Waals surface area contributed by atoms with Crippen LogP contribution in [0.25, 0.3) is 0 Å². The lowest BCUT2D eigenvalue weighted by molar-refractivity contribution is 0.00341. The largest absolute Gasteiger partial charge is 0.467 e. The Balaban J connectivity index is 1.88. The zero-order valence-corrected chi connectivity index (χ0v) is 11.9. The third-order valence-electron chi connectivity index (χ3n) is 3.02. The average Bonchev–Trinajstić information content (AvgIpc) is 2.45. The van der Waals surface area contributed by atoms with E-state index in [9.17, 15) is 5.11 Å². The molecule has 0 amide bonds. The maximum atomic E-state index is 9.74. The highest BCUT2D eigenvalue weighted by Gasteiger charge is 2.09. The van der Waals surface area contributed by atoms with Gasteiger partial charge in [-0.1, -0.05) is 42.0 Å². The molecule has 2 aromatic carbocycles. The topological polar surface area (TPSA) is 38.7 Å². The molecule has 0 fully saturated rings. The molecule has 3 heteroatoms. The molecule has 0 bridgehead atoms. The Labute approximate surface area is 119 Å².